The van der Waals surface area contributed by atoms with Gasteiger partial charge in [-0.05, 0) is 38.6 Å². The Bertz CT molecular complexity index is 91.3. The lowest BCUT2D eigenvalue weighted by atomic mass is 10.2. The van der Waals surface area contributed by atoms with Gasteiger partial charge in [0, 0.05) is 12.6 Å². The van der Waals surface area contributed by atoms with Crippen LogP contribution < -0.4 is 5.32 Å². The van der Waals surface area contributed by atoms with Gasteiger partial charge in [0.25, 0.3) is 0 Å². The molecule has 0 aromatic carbocycles. The highest BCUT2D eigenvalue weighted by Crippen LogP contribution is 2.32. The van der Waals surface area contributed by atoms with E-state index in [1.165, 1.54) is 12.8 Å². The Labute approximate surface area is 62.6 Å². The van der Waals surface area contributed by atoms with Crippen LogP contribution in [0.25, 0.3) is 0 Å². The van der Waals surface area contributed by atoms with E-state index in [1.54, 1.807) is 0 Å². The van der Waals surface area contributed by atoms with E-state index in [-0.39, 0.29) is 0 Å². The third-order valence-corrected chi connectivity index (χ3v) is 2.13. The third-order valence-electron chi connectivity index (χ3n) is 2.13. The molecule has 2 nitrogen and oxygen atoms in total. The first kappa shape index (κ1) is 8.02. The van der Waals surface area contributed by atoms with Gasteiger partial charge in [-0.3, -0.25) is 0 Å². The van der Waals surface area contributed by atoms with Gasteiger partial charge in [0.15, 0.2) is 0 Å². The van der Waals surface area contributed by atoms with Crippen LogP contribution in [0.5, 0.6) is 0 Å². The molecule has 1 aliphatic carbocycles. The molecule has 1 aliphatic rings. The van der Waals surface area contributed by atoms with Crippen molar-refractivity contribution in [2.75, 3.05) is 13.2 Å². The van der Waals surface area contributed by atoms with Gasteiger partial charge in [-0.15, -0.1) is 0 Å². The first-order valence-corrected chi connectivity index (χ1v) is 4.19. The predicted molar refractivity (Wildman–Crippen MR) is 41.9 cm³/mol. The van der Waals surface area contributed by atoms with Crippen LogP contribution in [0.3, 0.4) is 0 Å². The third kappa shape index (κ3) is 2.67. The smallest absolute Gasteiger partial charge is 0.0443 e. The van der Waals surface area contributed by atoms with Gasteiger partial charge in [-0.1, -0.05) is 0 Å². The maximum absolute atomic E-state index is 8.49. The summed E-state index contributed by atoms with van der Waals surface area (Å²) >= 11 is 0. The van der Waals surface area contributed by atoms with Gasteiger partial charge >= 0.3 is 0 Å². The van der Waals surface area contributed by atoms with E-state index in [1.807, 2.05) is 0 Å². The van der Waals surface area contributed by atoms with Crippen LogP contribution in [0, 0.1) is 5.92 Å². The summed E-state index contributed by atoms with van der Waals surface area (Å²) in [7, 11) is 0. The lowest BCUT2D eigenvalue weighted by Crippen LogP contribution is -2.29. The Morgan fingerprint density at radius 3 is 2.80 bits per heavy atom. The molecule has 10 heavy (non-hydrogen) atoms. The van der Waals surface area contributed by atoms with E-state index < -0.39 is 0 Å². The summed E-state index contributed by atoms with van der Waals surface area (Å²) in [6, 6.07) is 0.673. The van der Waals surface area contributed by atoms with Crippen molar-refractivity contribution in [1.82, 2.24) is 5.32 Å². The fraction of sp³-hybridized carbons (Fsp3) is 1.00. The van der Waals surface area contributed by atoms with Crippen molar-refractivity contribution >= 4 is 0 Å². The maximum Gasteiger partial charge on any atom is 0.0443 e. The lowest BCUT2D eigenvalue weighted by molar-refractivity contribution is 0.282. The number of aliphatic hydroxyl groups excluding tert-OH is 1. The molecule has 2 N–H and O–H groups in total. The fourth-order valence-electron chi connectivity index (χ4n) is 1.17. The summed E-state index contributed by atoms with van der Waals surface area (Å²) in [5.74, 6) is 0.929. The number of aliphatic hydroxyl groups is 1. The van der Waals surface area contributed by atoms with E-state index in [4.69, 9.17) is 5.11 Å². The average Bonchev–Trinajstić information content (AvgIpc) is 2.69. The second-order valence-electron chi connectivity index (χ2n) is 3.16. The van der Waals surface area contributed by atoms with Crippen LogP contribution in [0.4, 0.5) is 0 Å². The van der Waals surface area contributed by atoms with E-state index in [9.17, 15) is 0 Å². The van der Waals surface area contributed by atoms with Crippen molar-refractivity contribution in [2.24, 2.45) is 5.92 Å². The fourth-order valence-corrected chi connectivity index (χ4v) is 1.17. The number of hydrogen-bond acceptors (Lipinski definition) is 2. The zero-order valence-electron chi connectivity index (χ0n) is 6.64. The van der Waals surface area contributed by atoms with Crippen molar-refractivity contribution < 1.29 is 5.11 Å². The zero-order valence-corrected chi connectivity index (χ0v) is 6.64. The van der Waals surface area contributed by atoms with Crippen molar-refractivity contribution in [3.8, 4) is 0 Å². The molecule has 0 radical (unpaired) electrons. The van der Waals surface area contributed by atoms with E-state index in [0.717, 1.165) is 18.9 Å². The number of rotatable bonds is 5. The number of nitrogens with one attached hydrogen (secondary N) is 1. The van der Waals surface area contributed by atoms with E-state index in [2.05, 4.69) is 12.2 Å². The normalized spacial score (nSPS) is 21.0. The van der Waals surface area contributed by atoms with Crippen LogP contribution in [0.1, 0.15) is 26.2 Å². The molecule has 60 valence electrons. The molecule has 0 aliphatic heterocycles. The zero-order chi connectivity index (χ0) is 7.40. The Morgan fingerprint density at radius 2 is 2.30 bits per heavy atom. The van der Waals surface area contributed by atoms with E-state index >= 15 is 0 Å². The summed E-state index contributed by atoms with van der Waals surface area (Å²) in [5.41, 5.74) is 0. The van der Waals surface area contributed by atoms with Crippen molar-refractivity contribution in [3.05, 3.63) is 0 Å². The summed E-state index contributed by atoms with van der Waals surface area (Å²) < 4.78 is 0. The predicted octanol–water partition coefficient (Wildman–Crippen LogP) is 0.757. The molecule has 0 spiro atoms. The lowest BCUT2D eigenvalue weighted by Gasteiger charge is -2.10. The highest BCUT2D eigenvalue weighted by Gasteiger charge is 2.26. The molecule has 0 unspecified atom stereocenters. The van der Waals surface area contributed by atoms with Crippen molar-refractivity contribution in [1.29, 1.82) is 0 Å². The SMILES string of the molecule is C[C@H](NCCCO)C1CC1. The van der Waals surface area contributed by atoms with Crippen LogP contribution in [0.15, 0.2) is 0 Å². The minimum Gasteiger partial charge on any atom is -0.396 e. The largest absolute Gasteiger partial charge is 0.396 e. The van der Waals surface area contributed by atoms with Gasteiger partial charge in [-0.2, -0.15) is 0 Å². The van der Waals surface area contributed by atoms with Crippen molar-refractivity contribution in [3.63, 3.8) is 0 Å². The molecule has 0 saturated heterocycles. The molecule has 0 amide bonds. The minimum atomic E-state index is 0.310. The standard InChI is InChI=1S/C8H17NO/c1-7(8-3-4-8)9-5-2-6-10/h7-10H,2-6H2,1H3/t7-/m0/s1. The highest BCUT2D eigenvalue weighted by atomic mass is 16.3. The molecule has 0 bridgehead atoms. The maximum atomic E-state index is 8.49. The van der Waals surface area contributed by atoms with Crippen LogP contribution >= 0.6 is 0 Å². The van der Waals surface area contributed by atoms with Crippen LogP contribution in [-0.4, -0.2) is 24.3 Å². The molecule has 2 heteroatoms. The Morgan fingerprint density at radius 1 is 1.60 bits per heavy atom. The van der Waals surface area contributed by atoms with E-state index in [0.29, 0.717) is 12.6 Å². The second-order valence-corrected chi connectivity index (χ2v) is 3.16. The summed E-state index contributed by atoms with van der Waals surface area (Å²) in [4.78, 5) is 0. The Hall–Kier alpha value is -0.0800. The van der Waals surface area contributed by atoms with Crippen LogP contribution in [0.2, 0.25) is 0 Å². The molecular formula is C8H17NO. The van der Waals surface area contributed by atoms with Gasteiger partial charge in [-0.25, -0.2) is 0 Å². The van der Waals surface area contributed by atoms with Gasteiger partial charge in [0.1, 0.15) is 0 Å². The molecule has 0 aromatic rings. The first-order valence-electron chi connectivity index (χ1n) is 4.19. The molecule has 1 rings (SSSR count). The van der Waals surface area contributed by atoms with Gasteiger partial charge in [0.05, 0.1) is 0 Å². The first-order chi connectivity index (χ1) is 4.84. The average molecular weight is 143 g/mol. The van der Waals surface area contributed by atoms with Crippen molar-refractivity contribution in [2.45, 2.75) is 32.2 Å². The molecule has 1 saturated carbocycles. The van der Waals surface area contributed by atoms with Gasteiger partial charge in [0.2, 0.25) is 0 Å². The summed E-state index contributed by atoms with van der Waals surface area (Å²) in [5, 5.41) is 11.9. The summed E-state index contributed by atoms with van der Waals surface area (Å²) in [6.45, 7) is 3.51. The quantitative estimate of drug-likeness (QED) is 0.557. The topological polar surface area (TPSA) is 32.3 Å². The second kappa shape index (κ2) is 3.94. The van der Waals surface area contributed by atoms with Crippen LogP contribution in [-0.2, 0) is 0 Å². The summed E-state index contributed by atoms with van der Waals surface area (Å²) in [6.07, 6.45) is 3.68. The molecule has 0 heterocycles. The molecule has 0 aromatic heterocycles. The molecule has 1 atom stereocenters. The Balaban J connectivity index is 1.90. The number of hydrogen-bond donors (Lipinski definition) is 2. The minimum absolute atomic E-state index is 0.310. The monoisotopic (exact) mass is 143 g/mol. The van der Waals surface area contributed by atoms with Gasteiger partial charge < -0.3 is 10.4 Å². The highest BCUT2D eigenvalue weighted by molar-refractivity contribution is 4.82. The Kier molecular flexibility index (Phi) is 3.16. The molecular weight excluding hydrogens is 126 g/mol. The molecule has 1 fully saturated rings.